The molecular weight excluding hydrogens is 973 g/mol. The molecule has 0 rings (SSSR count). The molecule has 0 N–H and O–H groups in total. The molecule has 79 heavy (non-hydrogen) atoms. The predicted octanol–water partition coefficient (Wildman–Crippen LogP) is 23.2. The minimum absolute atomic E-state index is 0.0833. The molecule has 0 bridgehead atoms. The van der Waals surface area contributed by atoms with Crippen LogP contribution in [0.15, 0.2) is 97.2 Å². The molecule has 0 spiro atoms. The Labute approximate surface area is 489 Å². The van der Waals surface area contributed by atoms with Crippen molar-refractivity contribution in [3.63, 3.8) is 0 Å². The largest absolute Gasteiger partial charge is 0.462 e. The lowest BCUT2D eigenvalue weighted by Gasteiger charge is -2.18. The summed E-state index contributed by atoms with van der Waals surface area (Å²) in [6.07, 6.45) is 89.9. The highest BCUT2D eigenvalue weighted by Gasteiger charge is 2.19. The summed E-state index contributed by atoms with van der Waals surface area (Å²) in [5.74, 6) is -0.891. The molecule has 1 unspecified atom stereocenters. The number of rotatable bonds is 61. The SMILES string of the molecule is CC/C=C\C/C=C\C/C=C\C/C=C\CCCCCCCCCCC(=O)OC(COC(=O)CCCCCCC/C=C\CCCCCC)COC(=O)CCCCCCCCCCCCCC/C=C\C/C=C\C/C=C\CCCCCCC. The van der Waals surface area contributed by atoms with Crippen LogP contribution in [0.2, 0.25) is 0 Å². The third-order valence-electron chi connectivity index (χ3n) is 14.5. The quantitative estimate of drug-likeness (QED) is 0.0261. The molecule has 6 nitrogen and oxygen atoms in total. The monoisotopic (exact) mass is 1100 g/mol. The Morgan fingerprint density at radius 2 is 0.494 bits per heavy atom. The maximum Gasteiger partial charge on any atom is 0.306 e. The molecule has 0 aromatic rings. The summed E-state index contributed by atoms with van der Waals surface area (Å²) in [6, 6.07) is 0. The first kappa shape index (κ1) is 75.3. The Balaban J connectivity index is 4.31. The van der Waals surface area contributed by atoms with E-state index in [0.717, 1.165) is 109 Å². The summed E-state index contributed by atoms with van der Waals surface area (Å²) < 4.78 is 16.9. The zero-order chi connectivity index (χ0) is 57.1. The first-order valence-corrected chi connectivity index (χ1v) is 33.7. The molecule has 0 aromatic heterocycles. The van der Waals surface area contributed by atoms with Crippen LogP contribution in [0.25, 0.3) is 0 Å². The molecule has 0 saturated carbocycles. The lowest BCUT2D eigenvalue weighted by Crippen LogP contribution is -2.30. The molecule has 0 aliphatic rings. The van der Waals surface area contributed by atoms with Gasteiger partial charge in [-0.2, -0.15) is 0 Å². The van der Waals surface area contributed by atoms with Gasteiger partial charge in [-0.25, -0.2) is 0 Å². The fourth-order valence-corrected chi connectivity index (χ4v) is 9.50. The lowest BCUT2D eigenvalue weighted by atomic mass is 10.0. The third kappa shape index (κ3) is 65.0. The highest BCUT2D eigenvalue weighted by molar-refractivity contribution is 5.71. The van der Waals surface area contributed by atoms with Gasteiger partial charge in [0.2, 0.25) is 0 Å². The fraction of sp³-hybridized carbons (Fsp3) is 0.740. The number of allylic oxidation sites excluding steroid dienone is 16. The fourth-order valence-electron chi connectivity index (χ4n) is 9.50. The van der Waals surface area contributed by atoms with Gasteiger partial charge in [0, 0.05) is 19.3 Å². The van der Waals surface area contributed by atoms with Crippen LogP contribution in [0.1, 0.15) is 329 Å². The Hall–Kier alpha value is -3.67. The van der Waals surface area contributed by atoms with Crippen molar-refractivity contribution in [2.24, 2.45) is 0 Å². The van der Waals surface area contributed by atoms with Gasteiger partial charge in [-0.3, -0.25) is 14.4 Å². The Morgan fingerprint density at radius 3 is 0.797 bits per heavy atom. The van der Waals surface area contributed by atoms with E-state index in [0.29, 0.717) is 19.3 Å². The molecule has 0 aliphatic carbocycles. The van der Waals surface area contributed by atoms with E-state index in [2.05, 4.69) is 118 Å². The van der Waals surface area contributed by atoms with Crippen LogP contribution in [0, 0.1) is 0 Å². The average molecular weight is 1100 g/mol. The van der Waals surface area contributed by atoms with Crippen molar-refractivity contribution in [1.82, 2.24) is 0 Å². The van der Waals surface area contributed by atoms with Crippen molar-refractivity contribution in [3.05, 3.63) is 97.2 Å². The van der Waals surface area contributed by atoms with Crippen LogP contribution in [0.4, 0.5) is 0 Å². The summed E-state index contributed by atoms with van der Waals surface area (Å²) in [5.41, 5.74) is 0. The standard InChI is InChI=1S/C73H126O6/c1-4-7-10-13-16-19-22-25-27-29-31-33-34-35-36-37-38-40-41-43-45-48-51-54-57-60-63-66-72(75)78-69-70(68-77-71(74)65-62-59-56-53-50-47-24-21-18-15-12-9-6-3)79-73(76)67-64-61-58-55-52-49-46-44-42-39-32-30-28-26-23-20-17-14-11-8-5-2/h8,11,17,20-22,24-26,28-29,31-32,34-35,39,70H,4-7,9-10,12-16,18-19,23,27,30,33,36-38,40-69H2,1-3H3/b11-8-,20-17-,24-21-,25-22-,28-26-,31-29-,35-34-,39-32-. The van der Waals surface area contributed by atoms with Crippen LogP contribution in [-0.4, -0.2) is 37.2 Å². The van der Waals surface area contributed by atoms with E-state index in [4.69, 9.17) is 14.2 Å². The third-order valence-corrected chi connectivity index (χ3v) is 14.5. The van der Waals surface area contributed by atoms with Gasteiger partial charge in [0.25, 0.3) is 0 Å². The summed E-state index contributed by atoms with van der Waals surface area (Å²) in [5, 5.41) is 0. The Bertz CT molecular complexity index is 1540. The van der Waals surface area contributed by atoms with E-state index in [1.807, 2.05) is 0 Å². The smallest absolute Gasteiger partial charge is 0.306 e. The number of hydrogen-bond acceptors (Lipinski definition) is 6. The minimum atomic E-state index is -0.788. The van der Waals surface area contributed by atoms with Crippen LogP contribution < -0.4 is 0 Å². The lowest BCUT2D eigenvalue weighted by molar-refractivity contribution is -0.167. The van der Waals surface area contributed by atoms with Gasteiger partial charge in [-0.1, -0.05) is 285 Å². The van der Waals surface area contributed by atoms with Crippen molar-refractivity contribution < 1.29 is 28.6 Å². The molecule has 1 atom stereocenters. The zero-order valence-corrected chi connectivity index (χ0v) is 52.1. The van der Waals surface area contributed by atoms with Gasteiger partial charge in [0.1, 0.15) is 13.2 Å². The first-order chi connectivity index (χ1) is 39.0. The molecule has 0 aromatic carbocycles. The predicted molar refractivity (Wildman–Crippen MR) is 344 cm³/mol. The molecule has 0 heterocycles. The normalized spacial score (nSPS) is 12.7. The molecule has 0 aliphatic heterocycles. The van der Waals surface area contributed by atoms with Gasteiger partial charge >= 0.3 is 17.9 Å². The van der Waals surface area contributed by atoms with Crippen LogP contribution in [0.3, 0.4) is 0 Å². The van der Waals surface area contributed by atoms with Crippen LogP contribution >= 0.6 is 0 Å². The number of unbranched alkanes of at least 4 members (excludes halogenated alkanes) is 34. The maximum atomic E-state index is 12.9. The van der Waals surface area contributed by atoms with Crippen molar-refractivity contribution in [2.75, 3.05) is 13.2 Å². The first-order valence-electron chi connectivity index (χ1n) is 33.7. The highest BCUT2D eigenvalue weighted by Crippen LogP contribution is 2.16. The number of ether oxygens (including phenoxy) is 3. The van der Waals surface area contributed by atoms with Gasteiger partial charge in [-0.05, 0) is 122 Å². The molecule has 454 valence electrons. The second kappa shape index (κ2) is 66.8. The highest BCUT2D eigenvalue weighted by atomic mass is 16.6. The summed E-state index contributed by atoms with van der Waals surface area (Å²) in [6.45, 7) is 6.52. The van der Waals surface area contributed by atoms with Crippen molar-refractivity contribution in [3.8, 4) is 0 Å². The molecule has 6 heteroatoms. The van der Waals surface area contributed by atoms with E-state index < -0.39 is 6.10 Å². The summed E-state index contributed by atoms with van der Waals surface area (Å²) >= 11 is 0. The number of carbonyl (C=O) groups is 3. The molecule has 0 radical (unpaired) electrons. The van der Waals surface area contributed by atoms with Crippen molar-refractivity contribution in [1.29, 1.82) is 0 Å². The summed E-state index contributed by atoms with van der Waals surface area (Å²) in [4.78, 5) is 38.4. The molecule has 0 fully saturated rings. The van der Waals surface area contributed by atoms with E-state index in [1.165, 1.54) is 180 Å². The van der Waals surface area contributed by atoms with Gasteiger partial charge in [0.15, 0.2) is 6.10 Å². The van der Waals surface area contributed by atoms with Crippen LogP contribution in [0.5, 0.6) is 0 Å². The summed E-state index contributed by atoms with van der Waals surface area (Å²) in [7, 11) is 0. The maximum absolute atomic E-state index is 12.9. The van der Waals surface area contributed by atoms with Gasteiger partial charge in [0.05, 0.1) is 0 Å². The number of hydrogen-bond donors (Lipinski definition) is 0. The van der Waals surface area contributed by atoms with Gasteiger partial charge in [-0.15, -0.1) is 0 Å². The van der Waals surface area contributed by atoms with E-state index in [1.54, 1.807) is 0 Å². The number of carbonyl (C=O) groups excluding carboxylic acids is 3. The average Bonchev–Trinajstić information content (AvgIpc) is 3.45. The zero-order valence-electron chi connectivity index (χ0n) is 52.1. The van der Waals surface area contributed by atoms with E-state index in [-0.39, 0.29) is 31.1 Å². The van der Waals surface area contributed by atoms with Crippen LogP contribution in [-0.2, 0) is 28.6 Å². The Morgan fingerprint density at radius 1 is 0.266 bits per heavy atom. The second-order valence-electron chi connectivity index (χ2n) is 22.3. The number of esters is 3. The topological polar surface area (TPSA) is 78.9 Å². The van der Waals surface area contributed by atoms with Crippen molar-refractivity contribution >= 4 is 17.9 Å². The van der Waals surface area contributed by atoms with Crippen molar-refractivity contribution in [2.45, 2.75) is 335 Å². The minimum Gasteiger partial charge on any atom is -0.462 e. The molecular formula is C73H126O6. The van der Waals surface area contributed by atoms with E-state index >= 15 is 0 Å². The van der Waals surface area contributed by atoms with Gasteiger partial charge < -0.3 is 14.2 Å². The molecule has 0 amide bonds. The molecule has 0 saturated heterocycles. The second-order valence-corrected chi connectivity index (χ2v) is 22.3. The Kier molecular flexibility index (Phi) is 63.7. The van der Waals surface area contributed by atoms with E-state index in [9.17, 15) is 14.4 Å².